The summed E-state index contributed by atoms with van der Waals surface area (Å²) < 4.78 is 11.2. The summed E-state index contributed by atoms with van der Waals surface area (Å²) in [4.78, 5) is 24.8. The number of anilines is 1. The van der Waals surface area contributed by atoms with Gasteiger partial charge in [-0.05, 0) is 41.0 Å². The Morgan fingerprint density at radius 3 is 2.29 bits per heavy atom. The van der Waals surface area contributed by atoms with E-state index in [0.717, 1.165) is 28.1 Å². The lowest BCUT2D eigenvalue weighted by Crippen LogP contribution is -2.33. The van der Waals surface area contributed by atoms with Gasteiger partial charge in [0.15, 0.2) is 0 Å². The maximum Gasteiger partial charge on any atom is 0.414 e. The molecule has 1 saturated heterocycles. The van der Waals surface area contributed by atoms with Gasteiger partial charge in [-0.1, -0.05) is 54.6 Å². The van der Waals surface area contributed by atoms with Crippen LogP contribution in [0, 0.1) is 0 Å². The number of nitrogens with zero attached hydrogens (tertiary/aromatic N) is 1. The Kier molecular flexibility index (Phi) is 6.17. The summed E-state index contributed by atoms with van der Waals surface area (Å²) in [6, 6.07) is 25.7. The standard InChI is InChI=1S/C25H24N2O4/c1-18(28)26-15-24-16-27(25(29)31-24)22-11-7-20(8-12-22)21-9-13-23(14-10-21)30-17-19-5-3-2-4-6-19/h2-14,24H,15-17H2,1H3,(H,26,28). The average molecular weight is 416 g/mol. The lowest BCUT2D eigenvalue weighted by Gasteiger charge is -2.14. The first-order valence-corrected chi connectivity index (χ1v) is 10.2. The van der Waals surface area contributed by atoms with E-state index in [1.165, 1.54) is 6.92 Å². The Balaban J connectivity index is 1.37. The van der Waals surface area contributed by atoms with E-state index in [2.05, 4.69) is 5.32 Å². The van der Waals surface area contributed by atoms with Crippen LogP contribution in [-0.2, 0) is 16.1 Å². The van der Waals surface area contributed by atoms with Crippen LogP contribution < -0.4 is 15.0 Å². The van der Waals surface area contributed by atoms with Crippen LogP contribution in [0.1, 0.15) is 12.5 Å². The molecule has 3 aromatic carbocycles. The fourth-order valence-electron chi connectivity index (χ4n) is 3.41. The summed E-state index contributed by atoms with van der Waals surface area (Å²) in [5.41, 5.74) is 4.00. The van der Waals surface area contributed by atoms with Gasteiger partial charge in [0.2, 0.25) is 5.91 Å². The van der Waals surface area contributed by atoms with Gasteiger partial charge < -0.3 is 14.8 Å². The van der Waals surface area contributed by atoms with Crippen molar-refractivity contribution in [3.05, 3.63) is 84.4 Å². The summed E-state index contributed by atoms with van der Waals surface area (Å²) in [6.07, 6.45) is -0.748. The van der Waals surface area contributed by atoms with Crippen LogP contribution in [0.15, 0.2) is 78.9 Å². The zero-order valence-corrected chi connectivity index (χ0v) is 17.3. The molecule has 0 saturated carbocycles. The second kappa shape index (κ2) is 9.34. The zero-order valence-electron chi connectivity index (χ0n) is 17.3. The van der Waals surface area contributed by atoms with Gasteiger partial charge in [0.1, 0.15) is 18.5 Å². The number of carbonyl (C=O) groups is 2. The zero-order chi connectivity index (χ0) is 21.6. The average Bonchev–Trinajstić information content (AvgIpc) is 3.18. The second-order valence-corrected chi connectivity index (χ2v) is 7.40. The van der Waals surface area contributed by atoms with Crippen molar-refractivity contribution in [2.75, 3.05) is 18.0 Å². The molecular weight excluding hydrogens is 392 g/mol. The Morgan fingerprint density at radius 1 is 1.00 bits per heavy atom. The number of rotatable bonds is 7. The minimum atomic E-state index is -0.400. The third-order valence-electron chi connectivity index (χ3n) is 5.07. The van der Waals surface area contributed by atoms with E-state index in [1.807, 2.05) is 78.9 Å². The molecule has 1 aliphatic rings. The highest BCUT2D eigenvalue weighted by Gasteiger charge is 2.32. The van der Waals surface area contributed by atoms with E-state index >= 15 is 0 Å². The molecule has 1 aliphatic heterocycles. The highest BCUT2D eigenvalue weighted by Crippen LogP contribution is 2.27. The second-order valence-electron chi connectivity index (χ2n) is 7.40. The Bertz CT molecular complexity index is 1030. The minimum Gasteiger partial charge on any atom is -0.489 e. The predicted molar refractivity (Wildman–Crippen MR) is 119 cm³/mol. The van der Waals surface area contributed by atoms with Crippen molar-refractivity contribution in [1.82, 2.24) is 5.32 Å². The first-order chi connectivity index (χ1) is 15.1. The third-order valence-corrected chi connectivity index (χ3v) is 5.07. The fourth-order valence-corrected chi connectivity index (χ4v) is 3.41. The molecule has 6 nitrogen and oxygen atoms in total. The number of hydrogen-bond donors (Lipinski definition) is 1. The van der Waals surface area contributed by atoms with Gasteiger partial charge in [-0.2, -0.15) is 0 Å². The monoisotopic (exact) mass is 416 g/mol. The van der Waals surface area contributed by atoms with Crippen molar-refractivity contribution in [3.63, 3.8) is 0 Å². The van der Waals surface area contributed by atoms with Crippen molar-refractivity contribution in [1.29, 1.82) is 0 Å². The molecule has 0 spiro atoms. The smallest absolute Gasteiger partial charge is 0.414 e. The number of ether oxygens (including phenoxy) is 2. The maximum absolute atomic E-state index is 12.2. The van der Waals surface area contributed by atoms with Crippen LogP contribution in [0.5, 0.6) is 5.75 Å². The van der Waals surface area contributed by atoms with Gasteiger partial charge in [-0.3, -0.25) is 9.69 Å². The SMILES string of the molecule is CC(=O)NCC1CN(c2ccc(-c3ccc(OCc4ccccc4)cc3)cc2)C(=O)O1. The Hall–Kier alpha value is -3.80. The fraction of sp³-hybridized carbons (Fsp3) is 0.200. The number of benzene rings is 3. The van der Waals surface area contributed by atoms with Crippen LogP contribution in [0.3, 0.4) is 0 Å². The molecule has 1 N–H and O–H groups in total. The van der Waals surface area contributed by atoms with Crippen LogP contribution in [0.25, 0.3) is 11.1 Å². The first-order valence-electron chi connectivity index (χ1n) is 10.2. The molecule has 3 aromatic rings. The van der Waals surface area contributed by atoms with Gasteiger partial charge in [0.25, 0.3) is 0 Å². The molecule has 1 heterocycles. The largest absolute Gasteiger partial charge is 0.489 e. The van der Waals surface area contributed by atoms with Gasteiger partial charge in [0.05, 0.1) is 13.1 Å². The van der Waals surface area contributed by atoms with Crippen molar-refractivity contribution in [2.45, 2.75) is 19.6 Å². The molecule has 1 atom stereocenters. The van der Waals surface area contributed by atoms with Crippen molar-refractivity contribution >= 4 is 17.7 Å². The summed E-state index contributed by atoms with van der Waals surface area (Å²) in [5, 5.41) is 2.68. The Morgan fingerprint density at radius 2 is 1.65 bits per heavy atom. The third kappa shape index (κ3) is 5.22. The van der Waals surface area contributed by atoms with E-state index < -0.39 is 6.09 Å². The molecule has 4 rings (SSSR count). The van der Waals surface area contributed by atoms with Crippen LogP contribution >= 0.6 is 0 Å². The highest BCUT2D eigenvalue weighted by atomic mass is 16.6. The molecule has 6 heteroatoms. The van der Waals surface area contributed by atoms with Gasteiger partial charge in [0, 0.05) is 12.6 Å². The van der Waals surface area contributed by atoms with Crippen LogP contribution in [-0.4, -0.2) is 31.2 Å². The van der Waals surface area contributed by atoms with E-state index in [9.17, 15) is 9.59 Å². The number of nitrogens with one attached hydrogen (secondary N) is 1. The number of hydrogen-bond acceptors (Lipinski definition) is 4. The molecule has 0 bridgehead atoms. The lowest BCUT2D eigenvalue weighted by molar-refractivity contribution is -0.119. The van der Waals surface area contributed by atoms with E-state index in [4.69, 9.17) is 9.47 Å². The normalized spacial score (nSPS) is 15.5. The van der Waals surface area contributed by atoms with E-state index in [1.54, 1.807) is 4.90 Å². The van der Waals surface area contributed by atoms with Crippen molar-refractivity contribution in [3.8, 4) is 16.9 Å². The summed E-state index contributed by atoms with van der Waals surface area (Å²) >= 11 is 0. The molecule has 0 radical (unpaired) electrons. The predicted octanol–water partition coefficient (Wildman–Crippen LogP) is 4.39. The quantitative estimate of drug-likeness (QED) is 0.620. The maximum atomic E-state index is 12.2. The van der Waals surface area contributed by atoms with Gasteiger partial charge in [-0.15, -0.1) is 0 Å². The molecule has 0 aliphatic carbocycles. The van der Waals surface area contributed by atoms with Crippen molar-refractivity contribution in [2.24, 2.45) is 0 Å². The molecular formula is C25H24N2O4. The van der Waals surface area contributed by atoms with Crippen LogP contribution in [0.4, 0.5) is 10.5 Å². The van der Waals surface area contributed by atoms with Crippen molar-refractivity contribution < 1.29 is 19.1 Å². The number of cyclic esters (lactones) is 1. The lowest BCUT2D eigenvalue weighted by atomic mass is 10.1. The molecule has 0 aromatic heterocycles. The Labute approximate surface area is 181 Å². The van der Waals surface area contributed by atoms with E-state index in [0.29, 0.717) is 19.7 Å². The molecule has 31 heavy (non-hydrogen) atoms. The molecule has 1 fully saturated rings. The molecule has 1 unspecified atom stereocenters. The molecule has 2 amide bonds. The first kappa shape index (κ1) is 20.5. The highest BCUT2D eigenvalue weighted by molar-refractivity contribution is 5.90. The summed E-state index contributed by atoms with van der Waals surface area (Å²) in [6.45, 7) is 2.69. The van der Waals surface area contributed by atoms with Gasteiger partial charge in [-0.25, -0.2) is 4.79 Å². The number of amides is 2. The number of carbonyl (C=O) groups excluding carboxylic acids is 2. The van der Waals surface area contributed by atoms with E-state index in [-0.39, 0.29) is 12.0 Å². The topological polar surface area (TPSA) is 67.9 Å². The minimum absolute atomic E-state index is 0.143. The molecule has 158 valence electrons. The van der Waals surface area contributed by atoms with Gasteiger partial charge >= 0.3 is 6.09 Å². The van der Waals surface area contributed by atoms with Crippen LogP contribution in [0.2, 0.25) is 0 Å². The summed E-state index contributed by atoms with van der Waals surface area (Å²) in [5.74, 6) is 0.671. The summed E-state index contributed by atoms with van der Waals surface area (Å²) in [7, 11) is 0.